The Morgan fingerprint density at radius 2 is 1.70 bits per heavy atom. The Hall–Kier alpha value is -1.08. The fourth-order valence-corrected chi connectivity index (χ4v) is 3.07. The third-order valence-corrected chi connectivity index (χ3v) is 4.64. The van der Waals surface area contributed by atoms with E-state index >= 15 is 0 Å². The van der Waals surface area contributed by atoms with Gasteiger partial charge in [-0.3, -0.25) is 0 Å². The van der Waals surface area contributed by atoms with E-state index in [-0.39, 0.29) is 10.6 Å². The predicted molar refractivity (Wildman–Crippen MR) is 69.0 cm³/mol. The van der Waals surface area contributed by atoms with Crippen LogP contribution in [0.25, 0.3) is 0 Å². The van der Waals surface area contributed by atoms with Gasteiger partial charge in [0.05, 0.1) is 22.3 Å². The molecule has 0 fully saturated rings. The first-order chi connectivity index (χ1) is 9.13. The van der Waals surface area contributed by atoms with Crippen molar-refractivity contribution < 1.29 is 26.7 Å². The highest BCUT2D eigenvalue weighted by Crippen LogP contribution is 2.29. The highest BCUT2D eigenvalue weighted by atomic mass is 32.2. The van der Waals surface area contributed by atoms with Crippen LogP contribution in [0.4, 0.5) is 13.2 Å². The Balaban J connectivity index is 2.69. The summed E-state index contributed by atoms with van der Waals surface area (Å²) in [6, 6.07) is 3.49. The van der Waals surface area contributed by atoms with Crippen LogP contribution in [0.3, 0.4) is 0 Å². The summed E-state index contributed by atoms with van der Waals surface area (Å²) in [7, 11) is -3.57. The molecule has 20 heavy (non-hydrogen) atoms. The lowest BCUT2D eigenvalue weighted by molar-refractivity contribution is -0.137. The van der Waals surface area contributed by atoms with E-state index in [1.54, 1.807) is 6.92 Å². The number of aliphatic hydroxyl groups is 1. The molecule has 0 aromatic heterocycles. The Bertz CT molecular complexity index is 519. The van der Waals surface area contributed by atoms with Crippen molar-refractivity contribution in [1.29, 1.82) is 0 Å². The molecule has 0 saturated carbocycles. The minimum absolute atomic E-state index is 0.109. The molecule has 0 spiro atoms. The monoisotopic (exact) mass is 310 g/mol. The number of benzene rings is 1. The Kier molecular flexibility index (Phi) is 5.59. The lowest BCUT2D eigenvalue weighted by Gasteiger charge is -2.09. The summed E-state index contributed by atoms with van der Waals surface area (Å²) in [5, 5.41) is 9.05. The van der Waals surface area contributed by atoms with Crippen LogP contribution in [0, 0.1) is 0 Å². The molecule has 1 N–H and O–H groups in total. The van der Waals surface area contributed by atoms with Crippen molar-refractivity contribution in [3.8, 4) is 0 Å². The Labute approximate surface area is 116 Å². The van der Waals surface area contributed by atoms with E-state index in [0.717, 1.165) is 24.3 Å². The first-order valence-electron chi connectivity index (χ1n) is 6.21. The van der Waals surface area contributed by atoms with Gasteiger partial charge in [-0.1, -0.05) is 0 Å². The first kappa shape index (κ1) is 17.0. The molecule has 1 atom stereocenters. The van der Waals surface area contributed by atoms with Gasteiger partial charge in [0.15, 0.2) is 9.84 Å². The fourth-order valence-electron chi connectivity index (χ4n) is 1.70. The molecule has 0 bridgehead atoms. The van der Waals surface area contributed by atoms with E-state index in [1.165, 1.54) is 0 Å². The van der Waals surface area contributed by atoms with Crippen LogP contribution in [0.1, 0.15) is 31.7 Å². The second kappa shape index (κ2) is 6.58. The Morgan fingerprint density at radius 3 is 2.15 bits per heavy atom. The molecule has 0 aliphatic carbocycles. The summed E-state index contributed by atoms with van der Waals surface area (Å²) >= 11 is 0. The second-order valence-corrected chi connectivity index (χ2v) is 6.79. The van der Waals surface area contributed by atoms with E-state index < -0.39 is 27.7 Å². The lowest BCUT2D eigenvalue weighted by Crippen LogP contribution is -2.09. The van der Waals surface area contributed by atoms with Crippen LogP contribution in [0.5, 0.6) is 0 Å². The zero-order valence-electron chi connectivity index (χ0n) is 11.0. The van der Waals surface area contributed by atoms with Crippen molar-refractivity contribution in [1.82, 2.24) is 0 Å². The number of halogens is 3. The zero-order chi connectivity index (χ0) is 15.4. The average molecular weight is 310 g/mol. The number of unbranched alkanes of at least 4 members (excludes halogenated alkanes) is 1. The summed E-state index contributed by atoms with van der Waals surface area (Å²) in [4.78, 5) is -0.109. The highest BCUT2D eigenvalue weighted by Gasteiger charge is 2.30. The van der Waals surface area contributed by atoms with Gasteiger partial charge < -0.3 is 5.11 Å². The molecule has 0 amide bonds. The van der Waals surface area contributed by atoms with Gasteiger partial charge in [0, 0.05) is 0 Å². The van der Waals surface area contributed by atoms with Crippen molar-refractivity contribution in [3.05, 3.63) is 29.8 Å². The molecule has 1 aromatic rings. The number of hydrogen-bond donors (Lipinski definition) is 1. The summed E-state index contributed by atoms with van der Waals surface area (Å²) < 4.78 is 60.9. The predicted octanol–water partition coefficient (Wildman–Crippen LogP) is 3.03. The van der Waals surface area contributed by atoms with E-state index in [4.69, 9.17) is 5.11 Å². The quantitative estimate of drug-likeness (QED) is 0.822. The lowest BCUT2D eigenvalue weighted by atomic mass is 10.2. The fraction of sp³-hybridized carbons (Fsp3) is 0.538. The average Bonchev–Trinajstić information content (AvgIpc) is 2.34. The molecule has 0 heterocycles. The minimum atomic E-state index is -4.47. The summed E-state index contributed by atoms with van der Waals surface area (Å²) in [6.07, 6.45) is -3.53. The molecule has 1 rings (SSSR count). The van der Waals surface area contributed by atoms with E-state index in [2.05, 4.69) is 0 Å². The van der Waals surface area contributed by atoms with Crippen molar-refractivity contribution in [2.24, 2.45) is 0 Å². The normalized spacial score (nSPS) is 14.2. The topological polar surface area (TPSA) is 54.4 Å². The van der Waals surface area contributed by atoms with Gasteiger partial charge in [-0.2, -0.15) is 13.2 Å². The third-order valence-electron chi connectivity index (χ3n) is 2.83. The maximum absolute atomic E-state index is 12.4. The van der Waals surface area contributed by atoms with E-state index in [9.17, 15) is 21.6 Å². The third kappa shape index (κ3) is 5.13. The molecule has 3 nitrogen and oxygen atoms in total. The van der Waals surface area contributed by atoms with Gasteiger partial charge in [-0.05, 0) is 50.5 Å². The minimum Gasteiger partial charge on any atom is -0.393 e. The number of sulfone groups is 1. The number of aliphatic hydroxyl groups excluding tert-OH is 1. The molecule has 0 radical (unpaired) electrons. The molecule has 114 valence electrons. The molecule has 1 aromatic carbocycles. The number of alkyl halides is 3. The summed E-state index contributed by atoms with van der Waals surface area (Å²) in [5.74, 6) is -0.134. The summed E-state index contributed by atoms with van der Waals surface area (Å²) in [5.41, 5.74) is -0.870. The van der Waals surface area contributed by atoms with Crippen LogP contribution in [-0.2, 0) is 16.0 Å². The largest absolute Gasteiger partial charge is 0.416 e. The van der Waals surface area contributed by atoms with Gasteiger partial charge in [-0.25, -0.2) is 8.42 Å². The standard InChI is InChI=1S/C13H17F3O3S/c1-10(17)4-2-3-9-20(18,19)12-7-5-11(6-8-12)13(14,15)16/h5-8,10,17H,2-4,9H2,1H3. The number of rotatable bonds is 6. The smallest absolute Gasteiger partial charge is 0.393 e. The molecule has 0 aliphatic heterocycles. The second-order valence-electron chi connectivity index (χ2n) is 4.69. The van der Waals surface area contributed by atoms with Crippen LogP contribution in [0.2, 0.25) is 0 Å². The van der Waals surface area contributed by atoms with Crippen molar-refractivity contribution in [2.45, 2.75) is 43.4 Å². The van der Waals surface area contributed by atoms with Crippen molar-refractivity contribution in [3.63, 3.8) is 0 Å². The van der Waals surface area contributed by atoms with Crippen molar-refractivity contribution in [2.75, 3.05) is 5.75 Å². The maximum atomic E-state index is 12.4. The zero-order valence-corrected chi connectivity index (χ0v) is 11.8. The Morgan fingerprint density at radius 1 is 1.15 bits per heavy atom. The van der Waals surface area contributed by atoms with E-state index in [1.807, 2.05) is 0 Å². The molecule has 0 saturated heterocycles. The molecule has 7 heteroatoms. The highest BCUT2D eigenvalue weighted by molar-refractivity contribution is 7.91. The van der Waals surface area contributed by atoms with Gasteiger partial charge in [-0.15, -0.1) is 0 Å². The molecular weight excluding hydrogens is 293 g/mol. The van der Waals surface area contributed by atoms with Gasteiger partial charge in [0.1, 0.15) is 0 Å². The maximum Gasteiger partial charge on any atom is 0.416 e. The molecule has 0 aliphatic rings. The molecule has 1 unspecified atom stereocenters. The van der Waals surface area contributed by atoms with Crippen LogP contribution >= 0.6 is 0 Å². The van der Waals surface area contributed by atoms with Gasteiger partial charge in [0.2, 0.25) is 0 Å². The SMILES string of the molecule is CC(O)CCCCS(=O)(=O)c1ccc(C(F)(F)F)cc1. The van der Waals surface area contributed by atoms with E-state index in [0.29, 0.717) is 19.3 Å². The van der Waals surface area contributed by atoms with Crippen LogP contribution in [-0.4, -0.2) is 25.4 Å². The van der Waals surface area contributed by atoms with Crippen LogP contribution < -0.4 is 0 Å². The van der Waals surface area contributed by atoms with Gasteiger partial charge >= 0.3 is 6.18 Å². The van der Waals surface area contributed by atoms with Crippen molar-refractivity contribution >= 4 is 9.84 Å². The first-order valence-corrected chi connectivity index (χ1v) is 7.86. The molecular formula is C13H17F3O3S. The summed E-state index contributed by atoms with van der Waals surface area (Å²) in [6.45, 7) is 1.62. The number of hydrogen-bond acceptors (Lipinski definition) is 3. The van der Waals surface area contributed by atoms with Gasteiger partial charge in [0.25, 0.3) is 0 Å². The van der Waals surface area contributed by atoms with Crippen LogP contribution in [0.15, 0.2) is 29.2 Å².